The Kier molecular flexibility index (Phi) is 5.89. The van der Waals surface area contributed by atoms with Gasteiger partial charge in [0.2, 0.25) is 5.79 Å². The van der Waals surface area contributed by atoms with Crippen molar-refractivity contribution < 1.29 is 44.9 Å². The molecule has 0 aromatic heterocycles. The number of aliphatic hydroxyl groups is 6. The van der Waals surface area contributed by atoms with Gasteiger partial charge in [0.1, 0.15) is 22.4 Å². The Bertz CT molecular complexity index is 1190. The van der Waals surface area contributed by atoms with Gasteiger partial charge in [-0.2, -0.15) is 0 Å². The highest BCUT2D eigenvalue weighted by molar-refractivity contribution is 5.75. The van der Waals surface area contributed by atoms with Gasteiger partial charge in [0.15, 0.2) is 6.10 Å². The lowest BCUT2D eigenvalue weighted by molar-refractivity contribution is -0.354. The van der Waals surface area contributed by atoms with Crippen molar-refractivity contribution in [1.82, 2.24) is 4.90 Å². The largest absolute Gasteiger partial charge is 0.456 e. The lowest BCUT2D eigenvalue weighted by atomic mass is 9.49. The number of ether oxygens (including phenoxy) is 2. The molecule has 14 atom stereocenters. The Balaban J connectivity index is 1.32. The zero-order valence-corrected chi connectivity index (χ0v) is 26.0. The highest BCUT2D eigenvalue weighted by Crippen LogP contribution is 2.78. The zero-order chi connectivity index (χ0) is 30.7. The van der Waals surface area contributed by atoms with E-state index in [1.165, 1.54) is 0 Å². The van der Waals surface area contributed by atoms with E-state index in [0.29, 0.717) is 44.6 Å². The fourth-order valence-corrected chi connectivity index (χ4v) is 11.8. The third-order valence-corrected chi connectivity index (χ3v) is 13.9. The van der Waals surface area contributed by atoms with Gasteiger partial charge in [-0.3, -0.25) is 9.69 Å². The van der Waals surface area contributed by atoms with Crippen molar-refractivity contribution in [2.45, 2.75) is 145 Å². The van der Waals surface area contributed by atoms with Crippen LogP contribution in [0, 0.1) is 34.5 Å². The summed E-state index contributed by atoms with van der Waals surface area (Å²) in [5, 5.41) is 74.0. The molecule has 0 aromatic carbocycles. The number of esters is 1. The van der Waals surface area contributed by atoms with E-state index in [-0.39, 0.29) is 31.3 Å². The van der Waals surface area contributed by atoms with Crippen molar-refractivity contribution in [1.29, 1.82) is 0 Å². The monoisotopic (exact) mass is 593 g/mol. The number of hydrogen-bond donors (Lipinski definition) is 6. The number of fused-ring (bicyclic) bond motifs is 5. The minimum atomic E-state index is -2.06. The van der Waals surface area contributed by atoms with Crippen molar-refractivity contribution in [2.24, 2.45) is 34.5 Å². The smallest absolute Gasteiger partial charge is 0.311 e. The molecule has 10 nitrogen and oxygen atoms in total. The maximum atomic E-state index is 12.9. The molecular formula is C32H51NO9. The van der Waals surface area contributed by atoms with Crippen molar-refractivity contribution in [3.8, 4) is 0 Å². The lowest BCUT2D eigenvalue weighted by Crippen LogP contribution is -2.85. The average Bonchev–Trinajstić information content (AvgIpc) is 3.05. The molecule has 5 unspecified atom stereocenters. The molecule has 4 aliphatic carbocycles. The van der Waals surface area contributed by atoms with Crippen LogP contribution in [-0.4, -0.2) is 107 Å². The predicted molar refractivity (Wildman–Crippen MR) is 150 cm³/mol. The standard InChI is InChI=1S/C32H51NO9/c1-17-7-10-21-27(6,36)31(39)20(15-33(21)14-17)29(38)16-30-19(28(29,37)13-22(31)34)9-8-18-26(30,5)12-11-23(32(18,40)42-30)41-24(35)25(2,3)4/h17-23,34,36-40H,7-16H2,1-6H3/t17-,18?,19-,20-,21-,22-,23-,26-,27+,28?,29?,30?,31?,32-/m0/s1. The molecular weight excluding hydrogens is 542 g/mol. The molecule has 4 saturated carbocycles. The first-order valence-corrected chi connectivity index (χ1v) is 16.2. The zero-order valence-electron chi connectivity index (χ0n) is 26.0. The van der Waals surface area contributed by atoms with Crippen LogP contribution in [0.5, 0.6) is 0 Å². The number of carbonyl (C=O) groups excluding carboxylic acids is 1. The molecule has 238 valence electrons. The highest BCUT2D eigenvalue weighted by Gasteiger charge is 2.88. The van der Waals surface area contributed by atoms with Crippen LogP contribution in [-0.2, 0) is 14.3 Å². The van der Waals surface area contributed by atoms with Gasteiger partial charge in [-0.25, -0.2) is 0 Å². The van der Waals surface area contributed by atoms with Crippen molar-refractivity contribution in [3.05, 3.63) is 0 Å². The summed E-state index contributed by atoms with van der Waals surface area (Å²) in [5.74, 6) is -3.93. The van der Waals surface area contributed by atoms with Crippen molar-refractivity contribution in [2.75, 3.05) is 13.1 Å². The van der Waals surface area contributed by atoms with E-state index >= 15 is 0 Å². The van der Waals surface area contributed by atoms with E-state index in [4.69, 9.17) is 9.47 Å². The molecule has 6 N–H and O–H groups in total. The quantitative estimate of drug-likeness (QED) is 0.243. The summed E-state index contributed by atoms with van der Waals surface area (Å²) in [6.07, 6.45) is 0.703. The van der Waals surface area contributed by atoms with E-state index in [1.807, 2.05) is 0 Å². The third kappa shape index (κ3) is 3.12. The van der Waals surface area contributed by atoms with Gasteiger partial charge in [-0.05, 0) is 72.1 Å². The number of piperidine rings is 2. The number of nitrogens with zero attached hydrogens (tertiary/aromatic N) is 1. The van der Waals surface area contributed by atoms with Gasteiger partial charge >= 0.3 is 5.97 Å². The Labute approximate surface area is 248 Å². The number of rotatable bonds is 1. The second kappa shape index (κ2) is 8.29. The molecule has 3 saturated heterocycles. The van der Waals surface area contributed by atoms with E-state index in [0.717, 1.165) is 6.42 Å². The summed E-state index contributed by atoms with van der Waals surface area (Å²) in [7, 11) is 0. The molecule has 4 bridgehead atoms. The fourth-order valence-electron chi connectivity index (χ4n) is 11.8. The van der Waals surface area contributed by atoms with Gasteiger partial charge in [0.05, 0.1) is 17.1 Å². The Hall–Kier alpha value is -0.850. The summed E-state index contributed by atoms with van der Waals surface area (Å²) in [6.45, 7) is 12.0. The van der Waals surface area contributed by atoms with E-state index < -0.39 is 74.6 Å². The number of hydrogen-bond acceptors (Lipinski definition) is 10. The van der Waals surface area contributed by atoms with E-state index in [2.05, 4.69) is 18.7 Å². The maximum absolute atomic E-state index is 12.9. The van der Waals surface area contributed by atoms with Gasteiger partial charge in [-0.15, -0.1) is 0 Å². The molecule has 3 heterocycles. The summed E-state index contributed by atoms with van der Waals surface area (Å²) >= 11 is 0. The van der Waals surface area contributed by atoms with E-state index in [9.17, 15) is 35.4 Å². The van der Waals surface area contributed by atoms with Crippen LogP contribution in [0.2, 0.25) is 0 Å². The highest BCUT2D eigenvalue weighted by atomic mass is 16.7. The van der Waals surface area contributed by atoms with Gasteiger partial charge < -0.3 is 40.1 Å². The summed E-state index contributed by atoms with van der Waals surface area (Å²) in [6, 6.07) is -0.385. The molecule has 1 spiro atoms. The lowest BCUT2D eigenvalue weighted by Gasteiger charge is -2.68. The first-order valence-electron chi connectivity index (χ1n) is 16.2. The van der Waals surface area contributed by atoms with E-state index in [1.54, 1.807) is 27.7 Å². The van der Waals surface area contributed by atoms with Crippen LogP contribution >= 0.6 is 0 Å². The molecule has 7 rings (SSSR count). The Morgan fingerprint density at radius 2 is 1.57 bits per heavy atom. The van der Waals surface area contributed by atoms with Crippen LogP contribution < -0.4 is 0 Å². The normalized spacial score (nSPS) is 60.2. The van der Waals surface area contributed by atoms with Crippen LogP contribution in [0.1, 0.15) is 92.9 Å². The predicted octanol–water partition coefficient (Wildman–Crippen LogP) is 1.07. The molecule has 10 heteroatoms. The molecule has 0 radical (unpaired) electrons. The van der Waals surface area contributed by atoms with Crippen LogP contribution in [0.3, 0.4) is 0 Å². The molecule has 3 aliphatic heterocycles. The van der Waals surface area contributed by atoms with Crippen molar-refractivity contribution in [3.63, 3.8) is 0 Å². The fraction of sp³-hybridized carbons (Fsp3) is 0.969. The Morgan fingerprint density at radius 1 is 0.905 bits per heavy atom. The third-order valence-electron chi connectivity index (χ3n) is 13.9. The van der Waals surface area contributed by atoms with Crippen molar-refractivity contribution >= 4 is 5.97 Å². The van der Waals surface area contributed by atoms with Crippen LogP contribution in [0.4, 0.5) is 0 Å². The minimum absolute atomic E-state index is 0.0553. The topological polar surface area (TPSA) is 160 Å². The SMILES string of the molecule is C[C@H]1CC[C@@H]2N(C1)C[C@H]1C3(O)CC45O[C@@]6(O)C(CC[C@H]4C3(O)C[C@H](O)C1(O)[C@]2(C)O)[C@]5(C)CC[C@@H]6OC(=O)C(C)(C)C. The Morgan fingerprint density at radius 3 is 2.24 bits per heavy atom. The first kappa shape index (κ1) is 29.8. The van der Waals surface area contributed by atoms with Crippen LogP contribution in [0.25, 0.3) is 0 Å². The summed E-state index contributed by atoms with van der Waals surface area (Å²) in [4.78, 5) is 15.1. The van der Waals surface area contributed by atoms with Crippen LogP contribution in [0.15, 0.2) is 0 Å². The molecule has 0 aromatic rings. The first-order chi connectivity index (χ1) is 19.2. The molecule has 7 aliphatic rings. The average molecular weight is 594 g/mol. The molecule has 0 amide bonds. The maximum Gasteiger partial charge on any atom is 0.311 e. The van der Waals surface area contributed by atoms with Gasteiger partial charge in [0, 0.05) is 55.1 Å². The second-order valence-electron chi connectivity index (χ2n) is 16.9. The second-order valence-corrected chi connectivity index (χ2v) is 16.9. The van der Waals surface area contributed by atoms with Gasteiger partial charge in [0.25, 0.3) is 0 Å². The number of aliphatic hydroxyl groups excluding tert-OH is 1. The summed E-state index contributed by atoms with van der Waals surface area (Å²) in [5.41, 5.74) is -10.1. The van der Waals surface area contributed by atoms with Gasteiger partial charge in [-0.1, -0.05) is 13.8 Å². The molecule has 42 heavy (non-hydrogen) atoms. The summed E-state index contributed by atoms with van der Waals surface area (Å²) < 4.78 is 12.7. The minimum Gasteiger partial charge on any atom is -0.456 e. The molecule has 7 fully saturated rings. The number of carbonyl (C=O) groups is 1.